The van der Waals surface area contributed by atoms with Crippen LogP contribution in [0, 0.1) is 5.92 Å². The molecule has 1 saturated carbocycles. The van der Waals surface area contributed by atoms with Crippen LogP contribution in [0.1, 0.15) is 50.4 Å². The van der Waals surface area contributed by atoms with Crippen molar-refractivity contribution < 1.29 is 0 Å². The Balaban J connectivity index is 1.75. The Morgan fingerprint density at radius 3 is 2.80 bits per heavy atom. The van der Waals surface area contributed by atoms with Crippen LogP contribution in [0.4, 0.5) is 0 Å². The second-order valence-electron chi connectivity index (χ2n) is 4.84. The molecule has 0 bridgehead atoms. The summed E-state index contributed by atoms with van der Waals surface area (Å²) in [5, 5.41) is 5.85. The first-order valence-electron chi connectivity index (χ1n) is 6.05. The van der Waals surface area contributed by atoms with Crippen LogP contribution in [-0.4, -0.2) is 6.04 Å². The summed E-state index contributed by atoms with van der Waals surface area (Å²) < 4.78 is 0. The summed E-state index contributed by atoms with van der Waals surface area (Å²) in [5.74, 6) is 1.00. The van der Waals surface area contributed by atoms with Gasteiger partial charge in [-0.1, -0.05) is 25.3 Å². The molecule has 1 aliphatic rings. The summed E-state index contributed by atoms with van der Waals surface area (Å²) in [5.41, 5.74) is 0. The molecule has 1 fully saturated rings. The first-order chi connectivity index (χ1) is 7.25. The monoisotopic (exact) mass is 223 g/mol. The van der Waals surface area contributed by atoms with Gasteiger partial charge in [-0.15, -0.1) is 11.3 Å². The molecule has 1 aromatic heterocycles. The van der Waals surface area contributed by atoms with Gasteiger partial charge in [-0.25, -0.2) is 0 Å². The molecule has 2 heteroatoms. The van der Waals surface area contributed by atoms with Gasteiger partial charge in [0.2, 0.25) is 0 Å². The van der Waals surface area contributed by atoms with Gasteiger partial charge < -0.3 is 5.32 Å². The van der Waals surface area contributed by atoms with Crippen molar-refractivity contribution in [3.63, 3.8) is 0 Å². The molecule has 84 valence electrons. The Kier molecular flexibility index (Phi) is 3.81. The van der Waals surface area contributed by atoms with Crippen molar-refractivity contribution in [3.05, 3.63) is 22.4 Å². The second kappa shape index (κ2) is 5.13. The van der Waals surface area contributed by atoms with E-state index in [0.29, 0.717) is 12.1 Å². The topological polar surface area (TPSA) is 12.0 Å². The number of rotatable bonds is 5. The van der Waals surface area contributed by atoms with E-state index in [2.05, 4.69) is 36.7 Å². The van der Waals surface area contributed by atoms with E-state index >= 15 is 0 Å². The minimum absolute atomic E-state index is 0.514. The molecule has 1 aliphatic carbocycles. The zero-order valence-electron chi connectivity index (χ0n) is 9.70. The highest BCUT2D eigenvalue weighted by Crippen LogP contribution is 2.31. The fraction of sp³-hybridized carbons (Fsp3) is 0.692. The molecule has 1 heterocycles. The molecule has 0 amide bonds. The van der Waals surface area contributed by atoms with Gasteiger partial charge in [0, 0.05) is 17.0 Å². The zero-order chi connectivity index (χ0) is 10.7. The highest BCUT2D eigenvalue weighted by atomic mass is 32.1. The van der Waals surface area contributed by atoms with Crippen molar-refractivity contribution in [2.24, 2.45) is 5.92 Å². The number of hydrogen-bond donors (Lipinski definition) is 1. The van der Waals surface area contributed by atoms with Gasteiger partial charge in [-0.3, -0.25) is 0 Å². The Labute approximate surface area is 96.9 Å². The standard InChI is InChI=1S/C13H21NS/c1-10(9-12-5-3-6-12)14-11(2)13-7-4-8-15-13/h4,7-8,10-12,14H,3,5-6,9H2,1-2H3/t10?,11-/m1/s1. The van der Waals surface area contributed by atoms with E-state index in [0.717, 1.165) is 5.92 Å². The van der Waals surface area contributed by atoms with E-state index in [1.165, 1.54) is 30.6 Å². The first-order valence-corrected chi connectivity index (χ1v) is 6.93. The molecule has 1 nitrogen and oxygen atoms in total. The SMILES string of the molecule is CC(CC1CCC1)N[C@H](C)c1cccs1. The maximum absolute atomic E-state index is 3.69. The molecule has 15 heavy (non-hydrogen) atoms. The van der Waals surface area contributed by atoms with Crippen molar-refractivity contribution >= 4 is 11.3 Å². The number of thiophene rings is 1. The molecule has 0 saturated heterocycles. The lowest BCUT2D eigenvalue weighted by Crippen LogP contribution is -2.31. The van der Waals surface area contributed by atoms with Crippen LogP contribution < -0.4 is 5.32 Å². The van der Waals surface area contributed by atoms with Crippen LogP contribution in [-0.2, 0) is 0 Å². The van der Waals surface area contributed by atoms with Gasteiger partial charge >= 0.3 is 0 Å². The van der Waals surface area contributed by atoms with Crippen molar-refractivity contribution in [2.45, 2.75) is 51.6 Å². The molecule has 2 atom stereocenters. The maximum atomic E-state index is 3.69. The van der Waals surface area contributed by atoms with Gasteiger partial charge in [0.25, 0.3) is 0 Å². The Hall–Kier alpha value is -0.340. The molecule has 1 N–H and O–H groups in total. The lowest BCUT2D eigenvalue weighted by molar-refractivity contribution is 0.260. The molecule has 1 unspecified atom stereocenters. The van der Waals surface area contributed by atoms with Crippen molar-refractivity contribution in [1.29, 1.82) is 0 Å². The minimum Gasteiger partial charge on any atom is -0.307 e. The minimum atomic E-state index is 0.514. The largest absolute Gasteiger partial charge is 0.307 e. The summed E-state index contributed by atoms with van der Waals surface area (Å²) >= 11 is 1.85. The van der Waals surface area contributed by atoms with Crippen LogP contribution in [0.15, 0.2) is 17.5 Å². The van der Waals surface area contributed by atoms with E-state index in [1.807, 2.05) is 11.3 Å². The summed E-state index contributed by atoms with van der Waals surface area (Å²) in [6.45, 7) is 4.59. The molecule has 0 spiro atoms. The molecule has 1 aromatic rings. The van der Waals surface area contributed by atoms with Crippen LogP contribution in [0.25, 0.3) is 0 Å². The summed E-state index contributed by atoms with van der Waals surface area (Å²) in [4.78, 5) is 1.45. The summed E-state index contributed by atoms with van der Waals surface area (Å²) in [7, 11) is 0. The van der Waals surface area contributed by atoms with Gasteiger partial charge in [0.05, 0.1) is 0 Å². The first kappa shape index (κ1) is 11.2. The lowest BCUT2D eigenvalue weighted by Gasteiger charge is -2.29. The van der Waals surface area contributed by atoms with Gasteiger partial charge in [-0.2, -0.15) is 0 Å². The summed E-state index contributed by atoms with van der Waals surface area (Å²) in [6.07, 6.45) is 5.73. The van der Waals surface area contributed by atoms with Gasteiger partial charge in [0.15, 0.2) is 0 Å². The molecule has 0 radical (unpaired) electrons. The van der Waals surface area contributed by atoms with Crippen LogP contribution in [0.3, 0.4) is 0 Å². The molecular weight excluding hydrogens is 202 g/mol. The van der Waals surface area contributed by atoms with E-state index in [4.69, 9.17) is 0 Å². The predicted octanol–water partition coefficient (Wildman–Crippen LogP) is 3.98. The lowest BCUT2D eigenvalue weighted by atomic mass is 9.81. The van der Waals surface area contributed by atoms with Crippen LogP contribution >= 0.6 is 11.3 Å². The predicted molar refractivity (Wildman–Crippen MR) is 67.3 cm³/mol. The molecular formula is C13H21NS. The number of nitrogens with one attached hydrogen (secondary N) is 1. The molecule has 0 aliphatic heterocycles. The van der Waals surface area contributed by atoms with E-state index in [-0.39, 0.29) is 0 Å². The average Bonchev–Trinajstić information content (AvgIpc) is 2.64. The Bertz CT molecular complexity index is 277. The smallest absolute Gasteiger partial charge is 0.0388 e. The van der Waals surface area contributed by atoms with E-state index in [1.54, 1.807) is 0 Å². The summed E-state index contributed by atoms with van der Waals surface area (Å²) in [6, 6.07) is 5.53. The third-order valence-corrected chi connectivity index (χ3v) is 4.47. The van der Waals surface area contributed by atoms with E-state index < -0.39 is 0 Å². The zero-order valence-corrected chi connectivity index (χ0v) is 10.5. The van der Waals surface area contributed by atoms with Crippen molar-refractivity contribution in [1.82, 2.24) is 5.32 Å². The Morgan fingerprint density at radius 2 is 2.27 bits per heavy atom. The van der Waals surface area contributed by atoms with Crippen LogP contribution in [0.5, 0.6) is 0 Å². The van der Waals surface area contributed by atoms with Crippen molar-refractivity contribution in [2.75, 3.05) is 0 Å². The average molecular weight is 223 g/mol. The number of hydrogen-bond acceptors (Lipinski definition) is 2. The maximum Gasteiger partial charge on any atom is 0.0388 e. The Morgan fingerprint density at radius 1 is 1.47 bits per heavy atom. The fourth-order valence-electron chi connectivity index (χ4n) is 2.34. The quantitative estimate of drug-likeness (QED) is 0.796. The third-order valence-electron chi connectivity index (χ3n) is 3.42. The second-order valence-corrected chi connectivity index (χ2v) is 5.82. The van der Waals surface area contributed by atoms with Crippen molar-refractivity contribution in [3.8, 4) is 0 Å². The van der Waals surface area contributed by atoms with Gasteiger partial charge in [-0.05, 0) is 37.6 Å². The fourth-order valence-corrected chi connectivity index (χ4v) is 3.09. The highest BCUT2D eigenvalue weighted by Gasteiger charge is 2.20. The van der Waals surface area contributed by atoms with Crippen LogP contribution in [0.2, 0.25) is 0 Å². The van der Waals surface area contributed by atoms with Gasteiger partial charge in [0.1, 0.15) is 0 Å². The molecule has 0 aromatic carbocycles. The highest BCUT2D eigenvalue weighted by molar-refractivity contribution is 7.10. The third kappa shape index (κ3) is 3.05. The van der Waals surface area contributed by atoms with E-state index in [9.17, 15) is 0 Å². The normalized spacial score (nSPS) is 20.9. The molecule has 2 rings (SSSR count).